The minimum atomic E-state index is -1.69. The van der Waals surface area contributed by atoms with Crippen molar-refractivity contribution in [2.24, 2.45) is 0 Å². The monoisotopic (exact) mass is 816 g/mol. The zero-order chi connectivity index (χ0) is 22.8. The second-order valence-electron chi connectivity index (χ2n) is 7.97. The molecular weight excluding hydrogens is 800 g/mol. The first kappa shape index (κ1) is 22.2. The van der Waals surface area contributed by atoms with E-state index in [4.69, 9.17) is 23.2 Å². The molecule has 3 aliphatic rings. The number of benzene rings is 4. The summed E-state index contributed by atoms with van der Waals surface area (Å²) in [5.41, 5.74) is 5.52. The van der Waals surface area contributed by atoms with Crippen LogP contribution in [-0.4, -0.2) is 1.52 Å². The maximum atomic E-state index is 6.43. The van der Waals surface area contributed by atoms with E-state index in [0.29, 0.717) is 0 Å². The third-order valence-electron chi connectivity index (χ3n) is 5.99. The predicted octanol–water partition coefficient (Wildman–Crippen LogP) is 10.3. The van der Waals surface area contributed by atoms with Gasteiger partial charge in [-0.25, -0.2) is 0 Å². The van der Waals surface area contributed by atoms with Gasteiger partial charge in [0.15, 0.2) is 0 Å². The first-order chi connectivity index (χ1) is 16.7. The summed E-state index contributed by atoms with van der Waals surface area (Å²) in [5.74, 6) is 0. The zero-order valence-corrected chi connectivity index (χ0v) is 25.7. The third kappa shape index (κ3) is 3.52. The number of hydrogen-bond acceptors (Lipinski definition) is 0. The number of fused-ring (bicyclic) bond motifs is 6. The van der Waals surface area contributed by atoms with Crippen LogP contribution in [0.4, 0.5) is 0 Å². The van der Waals surface area contributed by atoms with Gasteiger partial charge in [0.2, 0.25) is 0 Å². The first-order valence-electron chi connectivity index (χ1n) is 10.8. The minimum absolute atomic E-state index is 0.199. The first-order valence-corrected chi connectivity index (χ1v) is 20.2. The SMILES string of the molecule is Clc1ccc2c(c1)-c1ccccc1I2C1=CC=CC(I2c3ccccc3-c3cc(Cl)ccc32)=I1. The fraction of sp³-hybridized carbons (Fsp3) is 0. The standard InChI is InChI=1S/C29H17Cl2I3/c30-18-12-14-26-22(16-18)20-6-1-3-8-24(20)33(26)28-10-5-11-29(32-28)34-25-9-4-2-7-21(25)23-17-19(31)13-15-27(23)34/h1-17H. The van der Waals surface area contributed by atoms with Gasteiger partial charge in [0.05, 0.1) is 0 Å². The van der Waals surface area contributed by atoms with E-state index < -0.39 is 39.6 Å². The Morgan fingerprint density at radius 3 is 1.74 bits per heavy atom. The molecule has 7 rings (SSSR count). The molecule has 0 aliphatic carbocycles. The summed E-state index contributed by atoms with van der Waals surface area (Å²) >= 11 is 9.29. The van der Waals surface area contributed by atoms with E-state index in [2.05, 4.69) is 103 Å². The van der Waals surface area contributed by atoms with Gasteiger partial charge in [0.1, 0.15) is 0 Å². The molecule has 0 saturated heterocycles. The van der Waals surface area contributed by atoms with Crippen LogP contribution in [0.1, 0.15) is 0 Å². The number of halogens is 5. The molecule has 34 heavy (non-hydrogen) atoms. The van der Waals surface area contributed by atoms with Crippen molar-refractivity contribution < 1.29 is 0 Å². The Morgan fingerprint density at radius 2 is 1.09 bits per heavy atom. The van der Waals surface area contributed by atoms with Gasteiger partial charge in [-0.2, -0.15) is 0 Å². The summed E-state index contributed by atoms with van der Waals surface area (Å²) in [7, 11) is 0. The van der Waals surface area contributed by atoms with Crippen molar-refractivity contribution in [3.63, 3.8) is 0 Å². The van der Waals surface area contributed by atoms with Gasteiger partial charge in [-0.3, -0.25) is 0 Å². The second kappa shape index (κ2) is 8.83. The van der Waals surface area contributed by atoms with Crippen LogP contribution in [0.25, 0.3) is 22.3 Å². The molecule has 4 aromatic carbocycles. The number of allylic oxidation sites excluding steroid dienone is 3. The van der Waals surface area contributed by atoms with Crippen molar-refractivity contribution in [3.05, 3.63) is 129 Å². The topological polar surface area (TPSA) is 0 Å². The Labute approximate surface area is 233 Å². The van der Waals surface area contributed by atoms with Crippen LogP contribution in [0.3, 0.4) is 0 Å². The molecule has 0 N–H and O–H groups in total. The Kier molecular flexibility index (Phi) is 5.77. The van der Waals surface area contributed by atoms with Crippen molar-refractivity contribution in [1.29, 1.82) is 0 Å². The average molecular weight is 817 g/mol. The van der Waals surface area contributed by atoms with Gasteiger partial charge in [-0.15, -0.1) is 0 Å². The van der Waals surface area contributed by atoms with Crippen LogP contribution in [0.5, 0.6) is 0 Å². The van der Waals surface area contributed by atoms with Gasteiger partial charge in [0, 0.05) is 0 Å². The van der Waals surface area contributed by atoms with Gasteiger partial charge in [-0.05, 0) is 0 Å². The molecule has 3 heterocycles. The van der Waals surface area contributed by atoms with E-state index in [0.717, 1.165) is 10.0 Å². The van der Waals surface area contributed by atoms with Gasteiger partial charge in [0.25, 0.3) is 0 Å². The molecule has 0 atom stereocenters. The number of hydrogen-bond donors (Lipinski definition) is 0. The van der Waals surface area contributed by atoms with E-state index in [9.17, 15) is 0 Å². The average Bonchev–Trinajstić information content (AvgIpc) is 3.36. The molecule has 0 fully saturated rings. The van der Waals surface area contributed by atoms with Crippen LogP contribution in [0, 0.1) is 14.3 Å². The van der Waals surface area contributed by atoms with Crippen LogP contribution in [0.2, 0.25) is 10.0 Å². The van der Waals surface area contributed by atoms with E-state index in [1.807, 2.05) is 0 Å². The van der Waals surface area contributed by atoms with E-state index in [1.165, 1.54) is 22.3 Å². The van der Waals surface area contributed by atoms with Gasteiger partial charge in [-0.1, -0.05) is 0 Å². The van der Waals surface area contributed by atoms with Crippen molar-refractivity contribution in [2.45, 2.75) is 0 Å². The molecule has 3 aliphatic heterocycles. The quantitative estimate of drug-likeness (QED) is 0.177. The summed E-state index contributed by atoms with van der Waals surface area (Å²) in [6.45, 7) is 0. The molecule has 0 unspecified atom stereocenters. The summed E-state index contributed by atoms with van der Waals surface area (Å²) < 4.78 is 9.74. The van der Waals surface area contributed by atoms with Crippen LogP contribution in [0.15, 0.2) is 105 Å². The molecule has 0 aromatic heterocycles. The van der Waals surface area contributed by atoms with Crippen molar-refractivity contribution >= 4 is 85.1 Å². The molecule has 4 aromatic rings. The molecular formula is C29H17Cl2I3. The van der Waals surface area contributed by atoms with E-state index in [-0.39, 0.29) is 20.7 Å². The predicted molar refractivity (Wildman–Crippen MR) is 173 cm³/mol. The molecule has 0 nitrogen and oxygen atoms in total. The molecule has 0 bridgehead atoms. The molecule has 0 spiro atoms. The fourth-order valence-electron chi connectivity index (χ4n) is 4.57. The fourth-order valence-corrected chi connectivity index (χ4v) is 31.8. The van der Waals surface area contributed by atoms with Crippen molar-refractivity contribution in [3.8, 4) is 22.3 Å². The van der Waals surface area contributed by atoms with Gasteiger partial charge < -0.3 is 0 Å². The summed E-state index contributed by atoms with van der Waals surface area (Å²) in [6, 6.07) is 31.2. The summed E-state index contributed by atoms with van der Waals surface area (Å²) in [5, 5.41) is 1.66. The molecule has 0 radical (unpaired) electrons. The van der Waals surface area contributed by atoms with Crippen LogP contribution in [-0.2, 0) is 0 Å². The van der Waals surface area contributed by atoms with E-state index in [1.54, 1.807) is 17.4 Å². The molecule has 0 amide bonds. The Bertz CT molecular complexity index is 1500. The van der Waals surface area contributed by atoms with Crippen molar-refractivity contribution in [1.82, 2.24) is 0 Å². The zero-order valence-electron chi connectivity index (χ0n) is 17.7. The Morgan fingerprint density at radius 1 is 0.559 bits per heavy atom. The summed E-state index contributed by atoms with van der Waals surface area (Å²) in [4.78, 5) is 0. The Balaban J connectivity index is 1.38. The molecule has 0 saturated carbocycles. The van der Waals surface area contributed by atoms with Crippen molar-refractivity contribution in [2.75, 3.05) is 0 Å². The third-order valence-corrected chi connectivity index (χ3v) is 27.6. The van der Waals surface area contributed by atoms with E-state index >= 15 is 0 Å². The van der Waals surface area contributed by atoms with Gasteiger partial charge >= 0.3 is 236 Å². The van der Waals surface area contributed by atoms with Crippen LogP contribution >= 0.6 is 83.6 Å². The normalized spacial score (nSPS) is 17.2. The second-order valence-corrected chi connectivity index (χ2v) is 26.0. The molecule has 168 valence electrons. The maximum absolute atomic E-state index is 6.43. The Hall–Kier alpha value is -1.000. The summed E-state index contributed by atoms with van der Waals surface area (Å²) in [6.07, 6.45) is 7.27. The molecule has 5 heteroatoms. The number of rotatable bonds is 2. The van der Waals surface area contributed by atoms with Crippen LogP contribution < -0.4 is 0 Å².